The van der Waals surface area contributed by atoms with Crippen LogP contribution in [0.3, 0.4) is 0 Å². The van der Waals surface area contributed by atoms with Gasteiger partial charge in [-0.15, -0.1) is 0 Å². The molecular formula is C19H25FN4O3. The van der Waals surface area contributed by atoms with Crippen molar-refractivity contribution in [2.45, 2.75) is 39.2 Å². The normalized spacial score (nSPS) is 17.0. The number of nitrogens with one attached hydrogen (secondary N) is 1. The molecule has 1 aromatic heterocycles. The van der Waals surface area contributed by atoms with Crippen molar-refractivity contribution < 1.29 is 18.5 Å². The number of rotatable bonds is 6. The predicted molar refractivity (Wildman–Crippen MR) is 96.9 cm³/mol. The summed E-state index contributed by atoms with van der Waals surface area (Å²) < 4.78 is 18.7. The molecule has 1 fully saturated rings. The standard InChI is InChI=1S/C19H25FN4O3/c1-12-10-15(4-5-16(12)20)18-22-19(27-23-18)13(2)21-17(25)11-14-6-8-24(26-3)9-7-14/h4-5,10,13-14H,6-9,11H2,1-3H3,(H,21,25). The van der Waals surface area contributed by atoms with E-state index in [0.717, 1.165) is 25.9 Å². The van der Waals surface area contributed by atoms with Crippen LogP contribution < -0.4 is 5.32 Å². The van der Waals surface area contributed by atoms with E-state index in [1.165, 1.54) is 6.07 Å². The van der Waals surface area contributed by atoms with Gasteiger partial charge >= 0.3 is 0 Å². The fourth-order valence-corrected chi connectivity index (χ4v) is 3.23. The van der Waals surface area contributed by atoms with Gasteiger partial charge in [0.05, 0.1) is 7.11 Å². The average molecular weight is 376 g/mol. The fourth-order valence-electron chi connectivity index (χ4n) is 3.23. The number of carbonyl (C=O) groups is 1. The average Bonchev–Trinajstić information content (AvgIpc) is 3.15. The molecule has 1 saturated heterocycles. The van der Waals surface area contributed by atoms with Gasteiger partial charge in [-0.3, -0.25) is 4.79 Å². The summed E-state index contributed by atoms with van der Waals surface area (Å²) in [5.74, 6) is 0.745. The van der Waals surface area contributed by atoms with Crippen LogP contribution in [0.15, 0.2) is 22.7 Å². The van der Waals surface area contributed by atoms with Crippen molar-refractivity contribution in [3.63, 3.8) is 0 Å². The van der Waals surface area contributed by atoms with E-state index in [1.54, 1.807) is 33.1 Å². The van der Waals surface area contributed by atoms with Crippen molar-refractivity contribution in [3.8, 4) is 11.4 Å². The molecular weight excluding hydrogens is 351 g/mol. The first-order valence-electron chi connectivity index (χ1n) is 9.14. The lowest BCUT2D eigenvalue weighted by molar-refractivity contribution is -0.150. The van der Waals surface area contributed by atoms with E-state index in [4.69, 9.17) is 9.36 Å². The van der Waals surface area contributed by atoms with Crippen LogP contribution in [0.25, 0.3) is 11.4 Å². The van der Waals surface area contributed by atoms with Crippen LogP contribution in [0.5, 0.6) is 0 Å². The highest BCUT2D eigenvalue weighted by Gasteiger charge is 2.23. The van der Waals surface area contributed by atoms with Crippen molar-refractivity contribution >= 4 is 5.91 Å². The summed E-state index contributed by atoms with van der Waals surface area (Å²) in [4.78, 5) is 21.9. The number of nitrogens with zero attached hydrogens (tertiary/aromatic N) is 3. The number of piperidine rings is 1. The molecule has 7 nitrogen and oxygen atoms in total. The first-order valence-corrected chi connectivity index (χ1v) is 9.14. The summed E-state index contributed by atoms with van der Waals surface area (Å²) in [7, 11) is 1.67. The van der Waals surface area contributed by atoms with Crippen molar-refractivity contribution in [2.24, 2.45) is 5.92 Å². The Morgan fingerprint density at radius 1 is 1.44 bits per heavy atom. The SMILES string of the molecule is CON1CCC(CC(=O)NC(C)c2nc(-c3ccc(F)c(C)c3)no2)CC1. The van der Waals surface area contributed by atoms with Crippen LogP contribution in [-0.2, 0) is 9.63 Å². The summed E-state index contributed by atoms with van der Waals surface area (Å²) >= 11 is 0. The molecule has 3 rings (SSSR count). The molecule has 8 heteroatoms. The fraction of sp³-hybridized carbons (Fsp3) is 0.526. The smallest absolute Gasteiger partial charge is 0.249 e. The number of amides is 1. The highest BCUT2D eigenvalue weighted by Crippen LogP contribution is 2.23. The lowest BCUT2D eigenvalue weighted by atomic mass is 9.94. The molecule has 0 saturated carbocycles. The van der Waals surface area contributed by atoms with Crippen molar-refractivity contribution in [2.75, 3.05) is 20.2 Å². The minimum atomic E-state index is -0.389. The first-order chi connectivity index (χ1) is 13.0. The summed E-state index contributed by atoms with van der Waals surface area (Å²) in [5, 5.41) is 8.76. The molecule has 1 aromatic carbocycles. The quantitative estimate of drug-likeness (QED) is 0.835. The van der Waals surface area contributed by atoms with E-state index in [9.17, 15) is 9.18 Å². The molecule has 1 aliphatic heterocycles. The lowest BCUT2D eigenvalue weighted by Gasteiger charge is -2.29. The third-order valence-corrected chi connectivity index (χ3v) is 4.91. The maximum absolute atomic E-state index is 13.4. The molecule has 0 aliphatic carbocycles. The van der Waals surface area contributed by atoms with Gasteiger partial charge in [-0.2, -0.15) is 10.0 Å². The molecule has 1 atom stereocenters. The second-order valence-electron chi connectivity index (χ2n) is 6.97. The Labute approximate surface area is 157 Å². The van der Waals surface area contributed by atoms with Gasteiger partial charge in [-0.1, -0.05) is 5.16 Å². The third kappa shape index (κ3) is 4.90. The molecule has 1 unspecified atom stereocenters. The van der Waals surface area contributed by atoms with Gasteiger partial charge in [0.25, 0.3) is 0 Å². The van der Waals surface area contributed by atoms with Crippen molar-refractivity contribution in [1.29, 1.82) is 0 Å². The van der Waals surface area contributed by atoms with Crippen LogP contribution in [0.2, 0.25) is 0 Å². The highest BCUT2D eigenvalue weighted by molar-refractivity contribution is 5.76. The van der Waals surface area contributed by atoms with Gasteiger partial charge in [0.2, 0.25) is 17.6 Å². The Bertz CT molecular complexity index is 787. The van der Waals surface area contributed by atoms with Crippen LogP contribution in [0.1, 0.15) is 43.7 Å². The second kappa shape index (κ2) is 8.58. The number of carbonyl (C=O) groups excluding carboxylic acids is 1. The van der Waals surface area contributed by atoms with E-state index in [0.29, 0.717) is 35.2 Å². The summed E-state index contributed by atoms with van der Waals surface area (Å²) in [6.07, 6.45) is 2.34. The van der Waals surface area contributed by atoms with E-state index in [-0.39, 0.29) is 17.8 Å². The van der Waals surface area contributed by atoms with Gasteiger partial charge in [-0.25, -0.2) is 4.39 Å². The van der Waals surface area contributed by atoms with Crippen LogP contribution >= 0.6 is 0 Å². The molecule has 146 valence electrons. The molecule has 2 heterocycles. The zero-order valence-electron chi connectivity index (χ0n) is 15.9. The Morgan fingerprint density at radius 3 is 2.85 bits per heavy atom. The number of hydroxylamine groups is 2. The predicted octanol–water partition coefficient (Wildman–Crippen LogP) is 3.02. The van der Waals surface area contributed by atoms with E-state index in [1.807, 2.05) is 5.06 Å². The molecule has 1 N–H and O–H groups in total. The number of aromatic nitrogens is 2. The Hall–Kier alpha value is -2.32. The molecule has 0 spiro atoms. The van der Waals surface area contributed by atoms with Gasteiger partial charge in [0.1, 0.15) is 11.9 Å². The van der Waals surface area contributed by atoms with E-state index < -0.39 is 0 Å². The zero-order chi connectivity index (χ0) is 19.4. The van der Waals surface area contributed by atoms with E-state index in [2.05, 4.69) is 15.5 Å². The maximum Gasteiger partial charge on any atom is 0.249 e. The van der Waals surface area contributed by atoms with Gasteiger partial charge in [-0.05, 0) is 56.4 Å². The van der Waals surface area contributed by atoms with Crippen LogP contribution in [0, 0.1) is 18.7 Å². The highest BCUT2D eigenvalue weighted by atomic mass is 19.1. The summed E-state index contributed by atoms with van der Waals surface area (Å²) in [6, 6.07) is 4.26. The third-order valence-electron chi connectivity index (χ3n) is 4.91. The minimum absolute atomic E-state index is 0.0317. The van der Waals surface area contributed by atoms with Crippen LogP contribution in [0.4, 0.5) is 4.39 Å². The number of hydrogen-bond donors (Lipinski definition) is 1. The molecule has 2 aromatic rings. The number of aryl methyl sites for hydroxylation is 1. The first kappa shape index (κ1) is 19.4. The molecule has 0 bridgehead atoms. The van der Waals surface area contributed by atoms with Gasteiger partial charge < -0.3 is 14.7 Å². The molecule has 1 aliphatic rings. The number of halogens is 1. The molecule has 27 heavy (non-hydrogen) atoms. The largest absolute Gasteiger partial charge is 0.345 e. The number of benzene rings is 1. The number of hydrogen-bond acceptors (Lipinski definition) is 6. The summed E-state index contributed by atoms with van der Waals surface area (Å²) in [6.45, 7) is 5.17. The van der Waals surface area contributed by atoms with Crippen LogP contribution in [-0.4, -0.2) is 41.3 Å². The molecule has 0 radical (unpaired) electrons. The topological polar surface area (TPSA) is 80.5 Å². The minimum Gasteiger partial charge on any atom is -0.345 e. The maximum atomic E-state index is 13.4. The summed E-state index contributed by atoms with van der Waals surface area (Å²) in [5.41, 5.74) is 1.19. The monoisotopic (exact) mass is 376 g/mol. The molecule has 1 amide bonds. The van der Waals surface area contributed by atoms with E-state index >= 15 is 0 Å². The second-order valence-corrected chi connectivity index (χ2v) is 6.97. The Kier molecular flexibility index (Phi) is 6.18. The Balaban J connectivity index is 1.55. The van der Waals surface area contributed by atoms with Gasteiger partial charge in [0, 0.05) is 25.1 Å². The van der Waals surface area contributed by atoms with Gasteiger partial charge in [0.15, 0.2) is 0 Å². The van der Waals surface area contributed by atoms with Crippen molar-refractivity contribution in [1.82, 2.24) is 20.5 Å². The zero-order valence-corrected chi connectivity index (χ0v) is 15.9. The Morgan fingerprint density at radius 2 is 2.19 bits per heavy atom. The lowest BCUT2D eigenvalue weighted by Crippen LogP contribution is -2.35. The van der Waals surface area contributed by atoms with Crippen molar-refractivity contribution in [3.05, 3.63) is 35.5 Å².